The fourth-order valence-corrected chi connectivity index (χ4v) is 0.463. The van der Waals surface area contributed by atoms with Gasteiger partial charge in [-0.3, -0.25) is 0 Å². The topological polar surface area (TPSA) is 38.3 Å². The SMILES string of the molecule is CC(C)(C)OC(=O)NCCF. The molecule has 0 heterocycles. The van der Waals surface area contributed by atoms with Gasteiger partial charge in [0.2, 0.25) is 0 Å². The Labute approximate surface area is 65.9 Å². The highest BCUT2D eigenvalue weighted by Gasteiger charge is 2.15. The summed E-state index contributed by atoms with van der Waals surface area (Å²) in [6.07, 6.45) is -0.574. The van der Waals surface area contributed by atoms with Crippen LogP contribution in [0.2, 0.25) is 0 Å². The summed E-state index contributed by atoms with van der Waals surface area (Å²) in [5, 5.41) is 2.25. The molecule has 0 fully saturated rings. The first-order valence-electron chi connectivity index (χ1n) is 3.48. The third kappa shape index (κ3) is 7.09. The van der Waals surface area contributed by atoms with Crippen molar-refractivity contribution in [2.75, 3.05) is 13.2 Å². The third-order valence-corrected chi connectivity index (χ3v) is 0.763. The number of nitrogens with one attached hydrogen (secondary N) is 1. The number of ether oxygens (including phenoxy) is 1. The molecule has 0 aromatic heterocycles. The lowest BCUT2D eigenvalue weighted by molar-refractivity contribution is 0.0524. The van der Waals surface area contributed by atoms with Gasteiger partial charge in [0.25, 0.3) is 0 Å². The predicted molar refractivity (Wildman–Crippen MR) is 40.2 cm³/mol. The van der Waals surface area contributed by atoms with Gasteiger partial charge in [0, 0.05) is 6.54 Å². The summed E-state index contributed by atoms with van der Waals surface area (Å²) >= 11 is 0. The molecule has 0 aromatic rings. The van der Waals surface area contributed by atoms with Gasteiger partial charge in [-0.05, 0) is 20.8 Å². The zero-order valence-electron chi connectivity index (χ0n) is 7.11. The standard InChI is InChI=1S/C7H14FNO2/c1-7(2,3)11-6(10)9-5-4-8/h4-5H2,1-3H3,(H,9,10). The van der Waals surface area contributed by atoms with Gasteiger partial charge >= 0.3 is 6.09 Å². The van der Waals surface area contributed by atoms with Crippen molar-refractivity contribution in [3.63, 3.8) is 0 Å². The van der Waals surface area contributed by atoms with E-state index in [1.54, 1.807) is 20.8 Å². The van der Waals surface area contributed by atoms with Crippen LogP contribution in [-0.2, 0) is 4.74 Å². The summed E-state index contributed by atoms with van der Waals surface area (Å²) in [4.78, 5) is 10.7. The van der Waals surface area contributed by atoms with E-state index in [1.807, 2.05) is 0 Å². The predicted octanol–water partition coefficient (Wildman–Crippen LogP) is 1.48. The molecule has 1 N–H and O–H groups in total. The van der Waals surface area contributed by atoms with Crippen LogP contribution in [0, 0.1) is 0 Å². The van der Waals surface area contributed by atoms with Crippen molar-refractivity contribution in [3.05, 3.63) is 0 Å². The minimum atomic E-state index is -0.574. The van der Waals surface area contributed by atoms with Crippen LogP contribution in [0.15, 0.2) is 0 Å². The Kier molecular flexibility index (Phi) is 3.85. The zero-order valence-corrected chi connectivity index (χ0v) is 7.11. The number of rotatable bonds is 2. The Bertz CT molecular complexity index is 131. The van der Waals surface area contributed by atoms with Gasteiger partial charge in [0.1, 0.15) is 12.3 Å². The van der Waals surface area contributed by atoms with Crippen molar-refractivity contribution >= 4 is 6.09 Å². The molecule has 0 unspecified atom stereocenters. The summed E-state index contributed by atoms with van der Waals surface area (Å²) in [6.45, 7) is 4.69. The molecule has 0 saturated carbocycles. The monoisotopic (exact) mass is 163 g/mol. The number of hydrogen-bond donors (Lipinski definition) is 1. The average Bonchev–Trinajstić information content (AvgIpc) is 1.79. The van der Waals surface area contributed by atoms with Crippen LogP contribution in [0.3, 0.4) is 0 Å². The van der Waals surface area contributed by atoms with Gasteiger partial charge in [-0.2, -0.15) is 0 Å². The Hall–Kier alpha value is -0.800. The van der Waals surface area contributed by atoms with E-state index >= 15 is 0 Å². The van der Waals surface area contributed by atoms with Gasteiger partial charge in [0.05, 0.1) is 0 Å². The molecule has 0 rings (SSSR count). The Morgan fingerprint density at radius 3 is 2.45 bits per heavy atom. The molecule has 3 nitrogen and oxygen atoms in total. The molecule has 1 amide bonds. The Balaban J connectivity index is 3.53. The van der Waals surface area contributed by atoms with E-state index in [4.69, 9.17) is 4.74 Å². The number of alkyl halides is 1. The molecule has 0 atom stereocenters. The van der Waals surface area contributed by atoms with E-state index in [-0.39, 0.29) is 6.54 Å². The summed E-state index contributed by atoms with van der Waals surface area (Å²) in [5.74, 6) is 0. The molecule has 0 spiro atoms. The Morgan fingerprint density at radius 2 is 2.09 bits per heavy atom. The highest BCUT2D eigenvalue weighted by Crippen LogP contribution is 2.05. The van der Waals surface area contributed by atoms with Crippen molar-refractivity contribution in [1.82, 2.24) is 5.32 Å². The van der Waals surface area contributed by atoms with Crippen molar-refractivity contribution in [3.8, 4) is 0 Å². The van der Waals surface area contributed by atoms with E-state index < -0.39 is 18.4 Å². The van der Waals surface area contributed by atoms with Crippen LogP contribution < -0.4 is 5.32 Å². The molecule has 66 valence electrons. The first-order chi connectivity index (χ1) is 4.95. The minimum Gasteiger partial charge on any atom is -0.444 e. The second kappa shape index (κ2) is 4.16. The first-order valence-corrected chi connectivity index (χ1v) is 3.48. The summed E-state index contributed by atoms with van der Waals surface area (Å²) in [6, 6.07) is 0. The number of carbonyl (C=O) groups excluding carboxylic acids is 1. The number of hydrogen-bond acceptors (Lipinski definition) is 2. The molecule has 0 aliphatic heterocycles. The first kappa shape index (κ1) is 10.2. The van der Waals surface area contributed by atoms with Gasteiger partial charge in [-0.1, -0.05) is 0 Å². The van der Waals surface area contributed by atoms with Crippen LogP contribution in [0.25, 0.3) is 0 Å². The maximum absolute atomic E-state index is 11.5. The quantitative estimate of drug-likeness (QED) is 0.669. The molecule has 11 heavy (non-hydrogen) atoms. The molecule has 0 aliphatic rings. The average molecular weight is 163 g/mol. The highest BCUT2D eigenvalue weighted by atomic mass is 19.1. The molecular formula is C7H14FNO2. The Morgan fingerprint density at radius 1 is 1.55 bits per heavy atom. The highest BCUT2D eigenvalue weighted by molar-refractivity contribution is 5.67. The lowest BCUT2D eigenvalue weighted by Gasteiger charge is -2.19. The fraction of sp³-hybridized carbons (Fsp3) is 0.857. The van der Waals surface area contributed by atoms with Gasteiger partial charge in [0.15, 0.2) is 0 Å². The fourth-order valence-electron chi connectivity index (χ4n) is 0.463. The van der Waals surface area contributed by atoms with Gasteiger partial charge < -0.3 is 10.1 Å². The zero-order chi connectivity index (χ0) is 8.91. The van der Waals surface area contributed by atoms with E-state index in [2.05, 4.69) is 5.32 Å². The smallest absolute Gasteiger partial charge is 0.407 e. The van der Waals surface area contributed by atoms with Crippen molar-refractivity contribution in [2.24, 2.45) is 0 Å². The molecule has 0 radical (unpaired) electrons. The molecular weight excluding hydrogens is 149 g/mol. The van der Waals surface area contributed by atoms with Crippen LogP contribution in [0.4, 0.5) is 9.18 Å². The van der Waals surface area contributed by atoms with Crippen molar-refractivity contribution in [1.29, 1.82) is 0 Å². The second-order valence-corrected chi connectivity index (χ2v) is 3.12. The van der Waals surface area contributed by atoms with E-state index in [0.29, 0.717) is 0 Å². The van der Waals surface area contributed by atoms with Crippen molar-refractivity contribution in [2.45, 2.75) is 26.4 Å². The maximum Gasteiger partial charge on any atom is 0.407 e. The molecule has 0 bridgehead atoms. The lowest BCUT2D eigenvalue weighted by atomic mass is 10.2. The lowest BCUT2D eigenvalue weighted by Crippen LogP contribution is -2.33. The second-order valence-electron chi connectivity index (χ2n) is 3.12. The van der Waals surface area contributed by atoms with E-state index in [1.165, 1.54) is 0 Å². The van der Waals surface area contributed by atoms with Crippen LogP contribution >= 0.6 is 0 Å². The largest absolute Gasteiger partial charge is 0.444 e. The third-order valence-electron chi connectivity index (χ3n) is 0.763. The summed E-state index contributed by atoms with van der Waals surface area (Å²) in [7, 11) is 0. The molecule has 0 aromatic carbocycles. The van der Waals surface area contributed by atoms with Crippen LogP contribution in [0.1, 0.15) is 20.8 Å². The normalized spacial score (nSPS) is 10.9. The van der Waals surface area contributed by atoms with Crippen LogP contribution in [-0.4, -0.2) is 24.9 Å². The molecule has 0 aliphatic carbocycles. The number of halogens is 1. The number of carbonyl (C=O) groups is 1. The number of amides is 1. The van der Waals surface area contributed by atoms with Crippen LogP contribution in [0.5, 0.6) is 0 Å². The van der Waals surface area contributed by atoms with Gasteiger partial charge in [-0.25, -0.2) is 9.18 Å². The van der Waals surface area contributed by atoms with E-state index in [0.717, 1.165) is 0 Å². The van der Waals surface area contributed by atoms with E-state index in [9.17, 15) is 9.18 Å². The molecule has 4 heteroatoms. The van der Waals surface area contributed by atoms with Gasteiger partial charge in [-0.15, -0.1) is 0 Å². The minimum absolute atomic E-state index is 0.00884. The maximum atomic E-state index is 11.5. The number of alkyl carbamates (subject to hydrolysis) is 1. The summed E-state index contributed by atoms with van der Waals surface area (Å²) < 4.78 is 16.3. The molecule has 0 saturated heterocycles. The van der Waals surface area contributed by atoms with Crippen molar-refractivity contribution < 1.29 is 13.9 Å². The summed E-state index contributed by atoms with van der Waals surface area (Å²) in [5.41, 5.74) is -0.513.